The van der Waals surface area contributed by atoms with Gasteiger partial charge < -0.3 is 4.90 Å². The van der Waals surface area contributed by atoms with E-state index in [1.54, 1.807) is 6.07 Å². The van der Waals surface area contributed by atoms with Gasteiger partial charge in [-0.05, 0) is 49.7 Å². The molecule has 2 fully saturated rings. The van der Waals surface area contributed by atoms with Crippen LogP contribution in [0.25, 0.3) is 0 Å². The SMILES string of the molecule is O=[N+]([O-])c1ccc(N(CC2CC2)CC2CC2)cc1CBr. The lowest BCUT2D eigenvalue weighted by Crippen LogP contribution is -2.28. The van der Waals surface area contributed by atoms with Crippen LogP contribution in [0.3, 0.4) is 0 Å². The van der Waals surface area contributed by atoms with Crippen molar-refractivity contribution < 1.29 is 4.92 Å². The van der Waals surface area contributed by atoms with Gasteiger partial charge in [0.05, 0.1) is 4.92 Å². The van der Waals surface area contributed by atoms with Crippen molar-refractivity contribution in [1.29, 1.82) is 0 Å². The van der Waals surface area contributed by atoms with Crippen molar-refractivity contribution in [2.45, 2.75) is 31.0 Å². The molecule has 0 radical (unpaired) electrons. The van der Waals surface area contributed by atoms with Gasteiger partial charge in [0.2, 0.25) is 0 Å². The topological polar surface area (TPSA) is 46.4 Å². The lowest BCUT2D eigenvalue weighted by Gasteiger charge is -2.25. The summed E-state index contributed by atoms with van der Waals surface area (Å²) in [4.78, 5) is 13.1. The molecule has 1 aromatic rings. The van der Waals surface area contributed by atoms with Gasteiger partial charge in [0, 0.05) is 35.7 Å². The molecule has 2 aliphatic carbocycles. The van der Waals surface area contributed by atoms with Crippen molar-refractivity contribution in [1.82, 2.24) is 0 Å². The van der Waals surface area contributed by atoms with Crippen molar-refractivity contribution in [2.24, 2.45) is 11.8 Å². The first kappa shape index (κ1) is 13.9. The largest absolute Gasteiger partial charge is 0.371 e. The molecule has 5 heteroatoms. The Balaban J connectivity index is 1.82. The number of benzene rings is 1. The van der Waals surface area contributed by atoms with Gasteiger partial charge in [-0.15, -0.1) is 0 Å². The number of alkyl halides is 1. The van der Waals surface area contributed by atoms with Crippen molar-refractivity contribution in [3.05, 3.63) is 33.9 Å². The second-order valence-corrected chi connectivity index (χ2v) is 6.56. The van der Waals surface area contributed by atoms with Gasteiger partial charge in [-0.3, -0.25) is 10.1 Å². The first-order valence-corrected chi connectivity index (χ1v) is 8.37. The van der Waals surface area contributed by atoms with E-state index in [0.29, 0.717) is 5.33 Å². The maximum atomic E-state index is 11.0. The lowest BCUT2D eigenvalue weighted by molar-refractivity contribution is -0.385. The van der Waals surface area contributed by atoms with Gasteiger partial charge in [0.25, 0.3) is 5.69 Å². The zero-order chi connectivity index (χ0) is 14.1. The maximum absolute atomic E-state index is 11.0. The summed E-state index contributed by atoms with van der Waals surface area (Å²) in [6.45, 7) is 2.21. The van der Waals surface area contributed by atoms with Crippen LogP contribution in [0.1, 0.15) is 31.2 Å². The first-order chi connectivity index (χ1) is 9.67. The Morgan fingerprint density at radius 3 is 2.25 bits per heavy atom. The summed E-state index contributed by atoms with van der Waals surface area (Å²) in [5.41, 5.74) is 2.12. The van der Waals surface area contributed by atoms with E-state index in [0.717, 1.165) is 36.2 Å². The molecule has 2 aliphatic rings. The number of halogens is 1. The zero-order valence-electron chi connectivity index (χ0n) is 11.4. The van der Waals surface area contributed by atoms with Crippen LogP contribution in [-0.2, 0) is 5.33 Å². The highest BCUT2D eigenvalue weighted by Gasteiger charge is 2.29. The van der Waals surface area contributed by atoms with E-state index in [9.17, 15) is 10.1 Å². The number of nitro groups is 1. The molecule has 0 bridgehead atoms. The number of anilines is 1. The molecule has 1 aromatic carbocycles. The molecule has 20 heavy (non-hydrogen) atoms. The Hall–Kier alpha value is -1.10. The lowest BCUT2D eigenvalue weighted by atomic mass is 10.1. The second kappa shape index (κ2) is 5.72. The minimum Gasteiger partial charge on any atom is -0.371 e. The van der Waals surface area contributed by atoms with Crippen LogP contribution in [0.4, 0.5) is 11.4 Å². The van der Waals surface area contributed by atoms with E-state index < -0.39 is 0 Å². The van der Waals surface area contributed by atoms with Crippen LogP contribution in [0.5, 0.6) is 0 Å². The molecule has 0 amide bonds. The van der Waals surface area contributed by atoms with Gasteiger partial charge >= 0.3 is 0 Å². The second-order valence-electron chi connectivity index (χ2n) is 6.00. The fourth-order valence-corrected chi connectivity index (χ4v) is 3.01. The van der Waals surface area contributed by atoms with Crippen LogP contribution in [0.2, 0.25) is 0 Å². The van der Waals surface area contributed by atoms with Gasteiger partial charge in [-0.2, -0.15) is 0 Å². The fraction of sp³-hybridized carbons (Fsp3) is 0.600. The number of hydrogen-bond donors (Lipinski definition) is 0. The molecule has 0 saturated heterocycles. The predicted octanol–water partition coefficient (Wildman–Crippen LogP) is 4.12. The quantitative estimate of drug-likeness (QED) is 0.427. The minimum absolute atomic E-state index is 0.211. The monoisotopic (exact) mass is 338 g/mol. The molecule has 0 heterocycles. The summed E-state index contributed by atoms with van der Waals surface area (Å²) in [6, 6.07) is 5.55. The maximum Gasteiger partial charge on any atom is 0.273 e. The van der Waals surface area contributed by atoms with Crippen LogP contribution >= 0.6 is 15.9 Å². The summed E-state index contributed by atoms with van der Waals surface area (Å²) >= 11 is 3.36. The summed E-state index contributed by atoms with van der Waals surface area (Å²) in [5.74, 6) is 1.66. The van der Waals surface area contributed by atoms with Gasteiger partial charge in [-0.1, -0.05) is 15.9 Å². The third kappa shape index (κ3) is 3.32. The van der Waals surface area contributed by atoms with E-state index in [1.165, 1.54) is 25.7 Å². The highest BCUT2D eigenvalue weighted by Crippen LogP contribution is 2.37. The average Bonchev–Trinajstić information content (AvgIpc) is 3.32. The molecule has 0 aromatic heterocycles. The van der Waals surface area contributed by atoms with E-state index in [2.05, 4.69) is 20.8 Å². The molecule has 2 saturated carbocycles. The molecule has 0 atom stereocenters. The third-order valence-corrected chi connectivity index (χ3v) is 4.72. The molecule has 3 rings (SSSR count). The smallest absolute Gasteiger partial charge is 0.273 e. The molecule has 0 unspecified atom stereocenters. The fourth-order valence-electron chi connectivity index (χ4n) is 2.56. The van der Waals surface area contributed by atoms with Crippen molar-refractivity contribution in [2.75, 3.05) is 18.0 Å². The standard InChI is InChI=1S/C15H19BrN2O2/c16-8-13-7-14(5-6-15(13)18(19)20)17(9-11-1-2-11)10-12-3-4-12/h5-7,11-12H,1-4,8-10H2. The Labute approximate surface area is 127 Å². The van der Waals surface area contributed by atoms with Crippen molar-refractivity contribution >= 4 is 27.3 Å². The molecule has 4 nitrogen and oxygen atoms in total. The normalized spacial score (nSPS) is 18.1. The van der Waals surface area contributed by atoms with Crippen LogP contribution < -0.4 is 4.90 Å². The molecule has 108 valence electrons. The number of nitro benzene ring substituents is 1. The van der Waals surface area contributed by atoms with Gasteiger partial charge in [0.1, 0.15) is 0 Å². The highest BCUT2D eigenvalue weighted by molar-refractivity contribution is 9.08. The molecular formula is C15H19BrN2O2. The number of hydrogen-bond acceptors (Lipinski definition) is 3. The zero-order valence-corrected chi connectivity index (χ0v) is 13.0. The Bertz CT molecular complexity index is 499. The highest BCUT2D eigenvalue weighted by atomic mass is 79.9. The third-order valence-electron chi connectivity index (χ3n) is 4.12. The summed E-state index contributed by atoms with van der Waals surface area (Å²) < 4.78 is 0. The first-order valence-electron chi connectivity index (χ1n) is 7.25. The Morgan fingerprint density at radius 2 is 1.80 bits per heavy atom. The summed E-state index contributed by atoms with van der Waals surface area (Å²) in [6.07, 6.45) is 5.33. The molecular weight excluding hydrogens is 320 g/mol. The van der Waals surface area contributed by atoms with E-state index in [4.69, 9.17) is 0 Å². The van der Waals surface area contributed by atoms with Crippen LogP contribution in [0.15, 0.2) is 18.2 Å². The summed E-state index contributed by atoms with van der Waals surface area (Å²) in [7, 11) is 0. The van der Waals surface area contributed by atoms with Gasteiger partial charge in [-0.25, -0.2) is 0 Å². The van der Waals surface area contributed by atoms with Crippen LogP contribution in [0, 0.1) is 22.0 Å². The molecule has 0 spiro atoms. The van der Waals surface area contributed by atoms with E-state index in [1.807, 2.05) is 12.1 Å². The molecule has 0 N–H and O–H groups in total. The van der Waals surface area contributed by atoms with Gasteiger partial charge in [0.15, 0.2) is 0 Å². The number of rotatable bonds is 7. The average molecular weight is 339 g/mol. The van der Waals surface area contributed by atoms with Crippen LogP contribution in [-0.4, -0.2) is 18.0 Å². The Morgan fingerprint density at radius 1 is 1.20 bits per heavy atom. The van der Waals surface area contributed by atoms with E-state index >= 15 is 0 Å². The Kier molecular flexibility index (Phi) is 3.96. The predicted molar refractivity (Wildman–Crippen MR) is 83.4 cm³/mol. The minimum atomic E-state index is -0.299. The number of nitrogens with zero attached hydrogens (tertiary/aromatic N) is 2. The van der Waals surface area contributed by atoms with E-state index in [-0.39, 0.29) is 10.6 Å². The van der Waals surface area contributed by atoms with Crippen molar-refractivity contribution in [3.63, 3.8) is 0 Å². The van der Waals surface area contributed by atoms with Crippen molar-refractivity contribution in [3.8, 4) is 0 Å². The summed E-state index contributed by atoms with van der Waals surface area (Å²) in [5, 5.41) is 11.5. The molecule has 0 aliphatic heterocycles.